The Morgan fingerprint density at radius 2 is 0.739 bits per heavy atom. The molecular weight excluding hydrogens is 753 g/mol. The van der Waals surface area contributed by atoms with E-state index in [-0.39, 0.29) is 0 Å². The fraction of sp³-hybridized carbons (Fsp3) is 0.556. The third-order valence-electron chi connectivity index (χ3n) is 7.05. The van der Waals surface area contributed by atoms with Gasteiger partial charge >= 0.3 is 0 Å². The Balaban J connectivity index is 1.36. The lowest BCUT2D eigenvalue weighted by Crippen LogP contribution is -1.82. The van der Waals surface area contributed by atoms with Crippen molar-refractivity contribution in [3.05, 3.63) is 59.4 Å². The summed E-state index contributed by atoms with van der Waals surface area (Å²) < 4.78 is 9.06. The molecule has 4 heterocycles. The maximum Gasteiger partial charge on any atom is 0.0659 e. The van der Waals surface area contributed by atoms with E-state index in [0.717, 1.165) is 0 Å². The smallest absolute Gasteiger partial charge is 0.0659 e. The van der Waals surface area contributed by atoms with Gasteiger partial charge in [-0.15, -0.1) is 69.7 Å². The highest BCUT2D eigenvalue weighted by Gasteiger charge is 2.23. The van der Waals surface area contributed by atoms with Crippen LogP contribution in [-0.4, -0.2) is 23.0 Å². The second-order valence-corrected chi connectivity index (χ2v) is 23.5. The van der Waals surface area contributed by atoms with Crippen LogP contribution < -0.4 is 0 Å². The van der Waals surface area contributed by atoms with Crippen molar-refractivity contribution in [1.29, 1.82) is 0 Å². The normalized spacial score (nSPS) is 15.2. The van der Waals surface area contributed by atoms with Crippen LogP contribution in [0.25, 0.3) is 21.9 Å². The van der Waals surface area contributed by atoms with Crippen molar-refractivity contribution in [2.45, 2.75) is 105 Å². The Labute approximate surface area is 322 Å². The fourth-order valence-corrected chi connectivity index (χ4v) is 18.6. The lowest BCUT2D eigenvalue weighted by atomic mass is 10.3. The van der Waals surface area contributed by atoms with Gasteiger partial charge in [0.1, 0.15) is 0 Å². The zero-order valence-corrected chi connectivity index (χ0v) is 36.0. The van der Waals surface area contributed by atoms with Crippen LogP contribution in [-0.2, 0) is 0 Å². The van der Waals surface area contributed by atoms with Crippen LogP contribution in [0.5, 0.6) is 0 Å². The van der Waals surface area contributed by atoms with E-state index in [4.69, 9.17) is 0 Å². The number of thioether (sulfide) groups is 8. The van der Waals surface area contributed by atoms with Gasteiger partial charge < -0.3 is 0 Å². The van der Waals surface area contributed by atoms with E-state index in [1.165, 1.54) is 128 Å². The van der Waals surface area contributed by atoms with Gasteiger partial charge in [0.2, 0.25) is 0 Å². The standard InChI is InChI=1S/C36H50S10/c1-5-9-13-21-37-33-34(38-22-14-10-6-2)44-31(43-33)25-27-17-19-29(41-27)30-20-18-28(42-30)26-32-45-35(39-23-15-11-7-3)36(46-32)40-24-16-12-8-4/h17-20,25-26H,5-16,21-24H2,1-4H3. The molecule has 0 aromatic carbocycles. The molecule has 0 spiro atoms. The van der Waals surface area contributed by atoms with Crippen molar-refractivity contribution in [3.8, 4) is 9.75 Å². The molecule has 2 aromatic rings. The largest absolute Gasteiger partial charge is 0.135 e. The molecule has 0 unspecified atom stereocenters. The van der Waals surface area contributed by atoms with Gasteiger partial charge in [0.05, 0.1) is 25.4 Å². The van der Waals surface area contributed by atoms with Crippen molar-refractivity contribution < 1.29 is 0 Å². The minimum absolute atomic E-state index is 1.24. The molecule has 4 rings (SSSR count). The SMILES string of the molecule is CCCCCSC1=C(SCCCCC)SC(=Cc2ccc(-c3ccc(C=C4SC(SCCCCC)=C(SCCCCC)S4)s3)s2)S1. The molecule has 2 aliphatic heterocycles. The third-order valence-corrected chi connectivity index (χ3v) is 20.4. The highest BCUT2D eigenvalue weighted by molar-refractivity contribution is 8.41. The van der Waals surface area contributed by atoms with Crippen LogP contribution in [0.3, 0.4) is 0 Å². The highest BCUT2D eigenvalue weighted by Crippen LogP contribution is 2.59. The van der Waals surface area contributed by atoms with Crippen molar-refractivity contribution in [3.63, 3.8) is 0 Å². The summed E-state index contributed by atoms with van der Waals surface area (Å²) in [7, 11) is 0. The highest BCUT2D eigenvalue weighted by atomic mass is 32.3. The molecule has 0 aliphatic carbocycles. The van der Waals surface area contributed by atoms with Crippen molar-refractivity contribution >= 4 is 129 Å². The summed E-state index contributed by atoms with van der Waals surface area (Å²) in [5.41, 5.74) is 0. The average molecular weight is 803 g/mol. The van der Waals surface area contributed by atoms with Crippen LogP contribution in [0.15, 0.2) is 49.7 Å². The quantitative estimate of drug-likeness (QED) is 0.101. The van der Waals surface area contributed by atoms with Gasteiger partial charge in [0.25, 0.3) is 0 Å². The average Bonchev–Trinajstić information content (AvgIpc) is 3.86. The first kappa shape index (κ1) is 39.9. The molecule has 2 aliphatic rings. The zero-order chi connectivity index (χ0) is 32.4. The van der Waals surface area contributed by atoms with Gasteiger partial charge in [-0.1, -0.05) is 126 Å². The summed E-state index contributed by atoms with van der Waals surface area (Å²) in [6.07, 6.45) is 20.7. The molecule has 0 N–H and O–H groups in total. The maximum atomic E-state index is 2.43. The molecule has 0 saturated carbocycles. The number of hydrogen-bond acceptors (Lipinski definition) is 10. The van der Waals surface area contributed by atoms with Crippen LogP contribution >= 0.6 is 117 Å². The lowest BCUT2D eigenvalue weighted by Gasteiger charge is -2.04. The van der Waals surface area contributed by atoms with Gasteiger partial charge in [-0.05, 0) is 85.1 Å². The summed E-state index contributed by atoms with van der Waals surface area (Å²) in [6, 6.07) is 9.30. The number of unbranched alkanes of at least 4 members (excludes halogenated alkanes) is 8. The molecule has 0 atom stereocenters. The van der Waals surface area contributed by atoms with Gasteiger partial charge in [-0.25, -0.2) is 0 Å². The van der Waals surface area contributed by atoms with E-state index in [1.54, 1.807) is 16.9 Å². The summed E-state index contributed by atoms with van der Waals surface area (Å²) >= 11 is 20.3. The van der Waals surface area contributed by atoms with E-state index >= 15 is 0 Å². The molecule has 0 nitrogen and oxygen atoms in total. The van der Waals surface area contributed by atoms with Crippen LogP contribution in [0.4, 0.5) is 0 Å². The summed E-state index contributed by atoms with van der Waals surface area (Å²) in [4.78, 5) is 5.50. The predicted octanol–water partition coefficient (Wildman–Crippen LogP) is 17.0. The monoisotopic (exact) mass is 802 g/mol. The predicted molar refractivity (Wildman–Crippen MR) is 236 cm³/mol. The lowest BCUT2D eigenvalue weighted by molar-refractivity contribution is 0.779. The molecule has 0 saturated heterocycles. The van der Waals surface area contributed by atoms with E-state index < -0.39 is 0 Å². The van der Waals surface area contributed by atoms with Crippen LogP contribution in [0.2, 0.25) is 0 Å². The fourth-order valence-electron chi connectivity index (χ4n) is 4.47. The Bertz CT molecular complexity index is 1160. The first-order chi connectivity index (χ1) is 22.6. The van der Waals surface area contributed by atoms with E-state index in [2.05, 4.69) is 111 Å². The number of rotatable bonds is 23. The molecule has 2 aromatic heterocycles. The number of thiophene rings is 2. The molecule has 46 heavy (non-hydrogen) atoms. The zero-order valence-electron chi connectivity index (χ0n) is 27.9. The van der Waals surface area contributed by atoms with Crippen molar-refractivity contribution in [2.75, 3.05) is 23.0 Å². The Morgan fingerprint density at radius 1 is 0.435 bits per heavy atom. The van der Waals surface area contributed by atoms with Gasteiger partial charge in [0, 0.05) is 19.5 Å². The third kappa shape index (κ3) is 14.1. The number of hydrogen-bond donors (Lipinski definition) is 0. The van der Waals surface area contributed by atoms with E-state index in [0.29, 0.717) is 0 Å². The molecule has 10 heteroatoms. The Morgan fingerprint density at radius 3 is 1.02 bits per heavy atom. The van der Waals surface area contributed by atoms with E-state index in [1.807, 2.05) is 69.7 Å². The second kappa shape index (κ2) is 23.6. The molecule has 0 bridgehead atoms. The second-order valence-electron chi connectivity index (χ2n) is 11.1. The van der Waals surface area contributed by atoms with Crippen LogP contribution in [0.1, 0.15) is 114 Å². The van der Waals surface area contributed by atoms with Crippen molar-refractivity contribution in [1.82, 2.24) is 0 Å². The summed E-state index contributed by atoms with van der Waals surface area (Å²) in [5.74, 6) is 4.98. The van der Waals surface area contributed by atoms with Gasteiger partial charge in [-0.3, -0.25) is 0 Å². The molecule has 0 amide bonds. The first-order valence-electron chi connectivity index (χ1n) is 17.0. The first-order valence-corrected chi connectivity index (χ1v) is 25.8. The van der Waals surface area contributed by atoms with Gasteiger partial charge in [-0.2, -0.15) is 0 Å². The summed E-state index contributed by atoms with van der Waals surface area (Å²) in [6.45, 7) is 9.18. The van der Waals surface area contributed by atoms with Gasteiger partial charge in [0.15, 0.2) is 0 Å². The summed E-state index contributed by atoms with van der Waals surface area (Å²) in [5, 5.41) is 0. The van der Waals surface area contributed by atoms with Crippen LogP contribution in [0, 0.1) is 0 Å². The van der Waals surface area contributed by atoms with Crippen molar-refractivity contribution in [2.24, 2.45) is 0 Å². The molecule has 0 fully saturated rings. The Hall–Kier alpha value is 1.16. The molecule has 254 valence electrons. The minimum atomic E-state index is 1.24. The maximum absolute atomic E-state index is 2.43. The minimum Gasteiger partial charge on any atom is -0.135 e. The van der Waals surface area contributed by atoms with E-state index in [9.17, 15) is 0 Å². The topological polar surface area (TPSA) is 0 Å². The molecular formula is C36H50S10. The molecule has 0 radical (unpaired) electrons. The Kier molecular flexibility index (Phi) is 20.5.